The number of rotatable bonds is 6. The van der Waals surface area contributed by atoms with E-state index in [9.17, 15) is 19.2 Å². The zero-order valence-electron chi connectivity index (χ0n) is 22.3. The van der Waals surface area contributed by atoms with Crippen molar-refractivity contribution in [2.24, 2.45) is 0 Å². The number of morpholine rings is 1. The number of hydrogen-bond donors (Lipinski definition) is 1. The molecular weight excluding hydrogens is 482 g/mol. The van der Waals surface area contributed by atoms with Gasteiger partial charge in [0.25, 0.3) is 5.91 Å². The highest BCUT2D eigenvalue weighted by Crippen LogP contribution is 2.41. The van der Waals surface area contributed by atoms with Crippen molar-refractivity contribution >= 4 is 65.9 Å². The van der Waals surface area contributed by atoms with Crippen LogP contribution in [0, 0.1) is 0 Å². The van der Waals surface area contributed by atoms with Gasteiger partial charge in [-0.05, 0) is 23.6 Å². The smallest absolute Gasteiger partial charge is 0.253 e. The number of carbonyl (C=O) groups excluding carboxylic acids is 4. The van der Waals surface area contributed by atoms with Crippen molar-refractivity contribution in [1.82, 2.24) is 15.1 Å². The highest BCUT2D eigenvalue weighted by atomic mass is 16.5. The van der Waals surface area contributed by atoms with Gasteiger partial charge in [-0.3, -0.25) is 24.5 Å². The van der Waals surface area contributed by atoms with Gasteiger partial charge in [0.15, 0.2) is 0 Å². The van der Waals surface area contributed by atoms with Crippen LogP contribution >= 0.6 is 0 Å². The fraction of sp³-hybridized carbons (Fsp3) is 0.360. The molecule has 38 heavy (non-hydrogen) atoms. The number of nitrogens with zero attached hydrogens (tertiary/aromatic N) is 2. The molecule has 0 bridgehead atoms. The zero-order valence-corrected chi connectivity index (χ0v) is 22.3. The number of carbonyl (C=O) groups is 4. The second-order valence-corrected chi connectivity index (χ2v) is 10.7. The van der Waals surface area contributed by atoms with Gasteiger partial charge >= 0.3 is 0 Å². The Hall–Kier alpha value is -3.46. The third-order valence-electron chi connectivity index (χ3n) is 7.85. The van der Waals surface area contributed by atoms with Gasteiger partial charge in [0.2, 0.25) is 17.7 Å². The summed E-state index contributed by atoms with van der Waals surface area (Å²) in [5, 5.41) is 1.57. The molecule has 9 nitrogen and oxygen atoms in total. The number of nitrogens with one attached hydrogen (secondary N) is 1. The average molecular weight is 511 g/mol. The molecule has 4 amide bonds. The highest BCUT2D eigenvalue weighted by Gasteiger charge is 2.51. The number of amides is 4. The third-order valence-corrected chi connectivity index (χ3v) is 7.85. The number of piperidine rings is 1. The van der Waals surface area contributed by atoms with Gasteiger partial charge in [0.05, 0.1) is 6.61 Å². The molecule has 0 saturated carbocycles. The first kappa shape index (κ1) is 26.2. The molecule has 3 heterocycles. The van der Waals surface area contributed by atoms with Crippen LogP contribution in [0.3, 0.4) is 0 Å². The number of ether oxygens (including phenoxy) is 2. The first-order chi connectivity index (χ1) is 18.1. The molecule has 1 unspecified atom stereocenters. The fourth-order valence-corrected chi connectivity index (χ4v) is 5.67. The first-order valence-corrected chi connectivity index (χ1v) is 13.0. The highest BCUT2D eigenvalue weighted by molar-refractivity contribution is 6.53. The Morgan fingerprint density at radius 2 is 1.79 bits per heavy atom. The summed E-state index contributed by atoms with van der Waals surface area (Å²) in [6.45, 7) is 2.12. The molecule has 2 aromatic rings. The number of fused-ring (bicyclic) bond motifs is 1. The van der Waals surface area contributed by atoms with E-state index in [1.165, 1.54) is 0 Å². The summed E-state index contributed by atoms with van der Waals surface area (Å²) in [6.07, 6.45) is 0.494. The lowest BCUT2D eigenvalue weighted by Crippen LogP contribution is -2.59. The molecule has 13 heteroatoms. The Morgan fingerprint density at radius 1 is 1.08 bits per heavy atom. The monoisotopic (exact) mass is 511 g/mol. The molecular formula is C25H29B4N3O6. The van der Waals surface area contributed by atoms with Crippen molar-refractivity contribution in [3.05, 3.63) is 52.6 Å². The van der Waals surface area contributed by atoms with Crippen molar-refractivity contribution in [3.8, 4) is 5.75 Å². The molecule has 0 spiro atoms. The molecule has 2 saturated heterocycles. The maximum atomic E-state index is 13.7. The van der Waals surface area contributed by atoms with E-state index in [1.54, 1.807) is 9.80 Å². The van der Waals surface area contributed by atoms with Gasteiger partial charge in [0.1, 0.15) is 56.4 Å². The molecule has 3 aliphatic heterocycles. The van der Waals surface area contributed by atoms with Crippen LogP contribution in [0.5, 0.6) is 5.75 Å². The number of imide groups is 1. The van der Waals surface area contributed by atoms with Crippen LogP contribution in [0.15, 0.2) is 30.3 Å². The Bertz CT molecular complexity index is 1330. The van der Waals surface area contributed by atoms with Crippen molar-refractivity contribution in [2.75, 3.05) is 19.8 Å². The number of benzene rings is 2. The normalized spacial score (nSPS) is 20.9. The van der Waals surface area contributed by atoms with Gasteiger partial charge in [-0.15, -0.1) is 0 Å². The third kappa shape index (κ3) is 4.64. The molecule has 0 aromatic heterocycles. The van der Waals surface area contributed by atoms with E-state index in [-0.39, 0.29) is 30.7 Å². The van der Waals surface area contributed by atoms with Gasteiger partial charge in [0, 0.05) is 36.0 Å². The molecule has 0 aliphatic carbocycles. The summed E-state index contributed by atoms with van der Waals surface area (Å²) in [5.41, 5.74) is 5.11. The van der Waals surface area contributed by atoms with Gasteiger partial charge in [-0.2, -0.15) is 0 Å². The minimum atomic E-state index is -0.808. The quantitative estimate of drug-likeness (QED) is 0.312. The predicted octanol–water partition coefficient (Wildman–Crippen LogP) is -4.22. The lowest BCUT2D eigenvalue weighted by atomic mass is 9.56. The van der Waals surface area contributed by atoms with Crippen LogP contribution < -0.4 is 21.0 Å². The predicted molar refractivity (Wildman–Crippen MR) is 151 cm³/mol. The van der Waals surface area contributed by atoms with E-state index >= 15 is 0 Å². The maximum absolute atomic E-state index is 13.7. The minimum Gasteiger partial charge on any atom is -0.489 e. The average Bonchev–Trinajstić information content (AvgIpc) is 3.08. The van der Waals surface area contributed by atoms with Crippen molar-refractivity contribution in [1.29, 1.82) is 0 Å². The summed E-state index contributed by atoms with van der Waals surface area (Å²) in [6, 6.07) is 9.17. The molecule has 192 valence electrons. The second-order valence-electron chi connectivity index (χ2n) is 10.7. The Labute approximate surface area is 225 Å². The topological polar surface area (TPSA) is 105 Å². The number of hydrogen-bond acceptors (Lipinski definition) is 6. The van der Waals surface area contributed by atoms with Gasteiger partial charge < -0.3 is 19.3 Å². The summed E-state index contributed by atoms with van der Waals surface area (Å²) in [4.78, 5) is 53.6. The van der Waals surface area contributed by atoms with E-state index in [4.69, 9.17) is 9.47 Å². The van der Waals surface area contributed by atoms with Crippen LogP contribution in [-0.2, 0) is 37.6 Å². The van der Waals surface area contributed by atoms with Crippen molar-refractivity contribution in [2.45, 2.75) is 37.4 Å². The van der Waals surface area contributed by atoms with E-state index in [0.29, 0.717) is 44.0 Å². The van der Waals surface area contributed by atoms with Crippen LogP contribution in [0.2, 0.25) is 0 Å². The van der Waals surface area contributed by atoms with Crippen LogP contribution in [0.1, 0.15) is 39.9 Å². The summed E-state index contributed by atoms with van der Waals surface area (Å²) >= 11 is 0. The largest absolute Gasteiger partial charge is 0.489 e. The molecule has 3 aliphatic rings. The van der Waals surface area contributed by atoms with E-state index in [0.717, 1.165) is 27.6 Å². The van der Waals surface area contributed by atoms with E-state index in [2.05, 4.69) is 5.32 Å². The van der Waals surface area contributed by atoms with Crippen LogP contribution in [-0.4, -0.2) is 90.6 Å². The molecule has 5 rings (SSSR count). The zero-order chi connectivity index (χ0) is 27.2. The summed E-state index contributed by atoms with van der Waals surface area (Å²) < 4.78 is 11.5. The Balaban J connectivity index is 1.37. The Morgan fingerprint density at radius 3 is 2.47 bits per heavy atom. The second kappa shape index (κ2) is 10.0. The van der Waals surface area contributed by atoms with Gasteiger partial charge in [-0.25, -0.2) is 0 Å². The standard InChI is InChI=1S/C25H29B4N3O6/c26-15-9-17(38-11-14-3-1-13(2-4-14)10-31-7-8-37-12-19(31)34)21-20(22(15)27)24(36)32(25(21,28)29)16-5-6-18(33)30-23(16)35/h1-4,9,16H,5-8,10-12,26-29H2,(H,30,33,35). The van der Waals surface area contributed by atoms with Crippen molar-refractivity contribution in [3.63, 3.8) is 0 Å². The van der Waals surface area contributed by atoms with Crippen LogP contribution in [0.4, 0.5) is 0 Å². The first-order valence-electron chi connectivity index (χ1n) is 13.0. The molecule has 0 radical (unpaired) electrons. The van der Waals surface area contributed by atoms with E-state index in [1.807, 2.05) is 61.7 Å². The summed E-state index contributed by atoms with van der Waals surface area (Å²) in [7, 11) is 7.70. The molecule has 2 aromatic carbocycles. The molecule has 1 atom stereocenters. The Kier molecular flexibility index (Phi) is 6.90. The minimum absolute atomic E-state index is 0.00392. The van der Waals surface area contributed by atoms with Crippen molar-refractivity contribution < 1.29 is 28.7 Å². The van der Waals surface area contributed by atoms with Crippen LogP contribution in [0.25, 0.3) is 0 Å². The maximum Gasteiger partial charge on any atom is 0.253 e. The lowest BCUT2D eigenvalue weighted by Gasteiger charge is -2.40. The lowest BCUT2D eigenvalue weighted by molar-refractivity contribution is -0.143. The summed E-state index contributed by atoms with van der Waals surface area (Å²) in [5.74, 6) is -0.361. The van der Waals surface area contributed by atoms with Gasteiger partial charge in [-0.1, -0.05) is 35.2 Å². The van der Waals surface area contributed by atoms with E-state index < -0.39 is 17.3 Å². The fourth-order valence-electron chi connectivity index (χ4n) is 5.67. The molecule has 2 fully saturated rings. The molecule has 1 N–H and O–H groups in total. The SMILES string of the molecule is Bc1cc(OCc2ccc(CN3CCOCC3=O)cc2)c2c(c1B)C(=O)N(C1CCC(=O)NC1=O)C2(B)B.